The summed E-state index contributed by atoms with van der Waals surface area (Å²) >= 11 is 0. The van der Waals surface area contributed by atoms with Crippen LogP contribution in [0.25, 0.3) is 38.9 Å². The van der Waals surface area contributed by atoms with E-state index in [4.69, 9.17) is 16.5 Å². The van der Waals surface area contributed by atoms with Gasteiger partial charge in [0.15, 0.2) is 11.5 Å². The standard InChI is InChI=1S/C30H33N7O2/c1-30(2,19-38)18-36(27(39)16-32)17-20-8-10-22(11-9-20)28-23(21-6-4-3-5-7-21)14-24-25(33-28)12-13-37-26(15-31)34-35-29(24)37/h3-14,38H,15-19,31-32H2,1-2H3. The monoisotopic (exact) mass is 523 g/mol. The predicted octanol–water partition coefficient (Wildman–Crippen LogP) is 3.38. The Labute approximate surface area is 227 Å². The Kier molecular flexibility index (Phi) is 7.38. The molecule has 1 amide bonds. The van der Waals surface area contributed by atoms with E-state index in [9.17, 15) is 9.90 Å². The van der Waals surface area contributed by atoms with Crippen molar-refractivity contribution in [1.82, 2.24) is 24.5 Å². The maximum absolute atomic E-state index is 12.5. The third kappa shape index (κ3) is 5.37. The molecule has 0 saturated heterocycles. The summed E-state index contributed by atoms with van der Waals surface area (Å²) < 4.78 is 1.90. The smallest absolute Gasteiger partial charge is 0.236 e. The van der Waals surface area contributed by atoms with Gasteiger partial charge in [0.05, 0.1) is 24.3 Å². The van der Waals surface area contributed by atoms with Crippen molar-refractivity contribution in [1.29, 1.82) is 0 Å². The molecule has 0 aliphatic carbocycles. The molecule has 0 saturated carbocycles. The fourth-order valence-corrected chi connectivity index (χ4v) is 4.76. The molecule has 39 heavy (non-hydrogen) atoms. The van der Waals surface area contributed by atoms with E-state index in [0.29, 0.717) is 25.5 Å². The number of fused-ring (bicyclic) bond motifs is 3. The van der Waals surface area contributed by atoms with Gasteiger partial charge in [-0.15, -0.1) is 10.2 Å². The molecule has 0 aliphatic heterocycles. The number of benzene rings is 2. The second kappa shape index (κ2) is 10.9. The number of rotatable bonds is 9. The van der Waals surface area contributed by atoms with Gasteiger partial charge in [-0.1, -0.05) is 68.4 Å². The van der Waals surface area contributed by atoms with Gasteiger partial charge in [-0.05, 0) is 23.3 Å². The van der Waals surface area contributed by atoms with Crippen LogP contribution in [-0.4, -0.2) is 55.2 Å². The van der Waals surface area contributed by atoms with E-state index in [1.807, 2.05) is 73.0 Å². The lowest BCUT2D eigenvalue weighted by molar-refractivity contribution is -0.132. The lowest BCUT2D eigenvalue weighted by Gasteiger charge is -2.31. The molecule has 0 aliphatic rings. The SMILES string of the molecule is CC(C)(CO)CN(Cc1ccc(-c2nc3ccn4c(CN)nnc4c3cc2-c2ccccc2)cc1)C(=O)CN. The molecule has 9 heteroatoms. The highest BCUT2D eigenvalue weighted by Gasteiger charge is 2.24. The topological polar surface area (TPSA) is 136 Å². The molecule has 3 heterocycles. The lowest BCUT2D eigenvalue weighted by atomic mass is 9.93. The molecule has 0 unspecified atom stereocenters. The summed E-state index contributed by atoms with van der Waals surface area (Å²) in [5, 5.41) is 19.2. The molecule has 200 valence electrons. The number of aliphatic hydroxyl groups is 1. The summed E-state index contributed by atoms with van der Waals surface area (Å²) in [7, 11) is 0. The fraction of sp³-hybridized carbons (Fsp3) is 0.267. The summed E-state index contributed by atoms with van der Waals surface area (Å²) in [6.45, 7) is 4.86. The van der Waals surface area contributed by atoms with Gasteiger partial charge in [-0.3, -0.25) is 9.20 Å². The van der Waals surface area contributed by atoms with Crippen LogP contribution in [0.3, 0.4) is 0 Å². The van der Waals surface area contributed by atoms with Gasteiger partial charge in [0.25, 0.3) is 0 Å². The molecule has 5 rings (SSSR count). The number of aliphatic hydroxyl groups excluding tert-OH is 1. The van der Waals surface area contributed by atoms with Gasteiger partial charge < -0.3 is 21.5 Å². The van der Waals surface area contributed by atoms with Gasteiger partial charge in [0, 0.05) is 47.8 Å². The van der Waals surface area contributed by atoms with E-state index in [1.165, 1.54) is 0 Å². The number of carbonyl (C=O) groups is 1. The molecule has 3 aromatic heterocycles. The first-order valence-corrected chi connectivity index (χ1v) is 12.9. The van der Waals surface area contributed by atoms with Crippen LogP contribution >= 0.6 is 0 Å². The minimum Gasteiger partial charge on any atom is -0.396 e. The van der Waals surface area contributed by atoms with Crippen LogP contribution in [-0.2, 0) is 17.9 Å². The summed E-state index contributed by atoms with van der Waals surface area (Å²) in [5.74, 6) is 0.540. The third-order valence-electron chi connectivity index (χ3n) is 6.88. The van der Waals surface area contributed by atoms with Gasteiger partial charge in [0.1, 0.15) is 0 Å². The number of nitrogens with zero attached hydrogens (tertiary/aromatic N) is 5. The van der Waals surface area contributed by atoms with Crippen molar-refractivity contribution in [2.75, 3.05) is 19.7 Å². The van der Waals surface area contributed by atoms with E-state index < -0.39 is 5.41 Å². The molecule has 9 nitrogen and oxygen atoms in total. The predicted molar refractivity (Wildman–Crippen MR) is 152 cm³/mol. The van der Waals surface area contributed by atoms with E-state index in [-0.39, 0.29) is 19.1 Å². The van der Waals surface area contributed by atoms with Crippen LogP contribution < -0.4 is 11.5 Å². The van der Waals surface area contributed by atoms with Crippen LogP contribution in [0.15, 0.2) is 72.9 Å². The van der Waals surface area contributed by atoms with Gasteiger partial charge in [-0.2, -0.15) is 0 Å². The number of hydrogen-bond donors (Lipinski definition) is 3. The molecule has 0 atom stereocenters. The van der Waals surface area contributed by atoms with Gasteiger partial charge >= 0.3 is 0 Å². The Bertz CT molecular complexity index is 1610. The van der Waals surface area contributed by atoms with Crippen LogP contribution in [0.4, 0.5) is 0 Å². The highest BCUT2D eigenvalue weighted by molar-refractivity contribution is 5.98. The maximum Gasteiger partial charge on any atom is 0.236 e. The Morgan fingerprint density at radius 1 is 1.00 bits per heavy atom. The van der Waals surface area contributed by atoms with Crippen molar-refractivity contribution >= 4 is 22.5 Å². The minimum absolute atomic E-state index is 0.0230. The largest absolute Gasteiger partial charge is 0.396 e. The van der Waals surface area contributed by atoms with Crippen molar-refractivity contribution in [2.24, 2.45) is 16.9 Å². The second-order valence-corrected chi connectivity index (χ2v) is 10.5. The van der Waals surface area contributed by atoms with E-state index >= 15 is 0 Å². The molecule has 5 N–H and O–H groups in total. The highest BCUT2D eigenvalue weighted by atomic mass is 16.3. The number of pyridine rings is 2. The summed E-state index contributed by atoms with van der Waals surface area (Å²) in [6, 6.07) is 22.3. The number of amides is 1. The Morgan fingerprint density at radius 3 is 2.41 bits per heavy atom. The van der Waals surface area contributed by atoms with Crippen molar-refractivity contribution < 1.29 is 9.90 Å². The Morgan fingerprint density at radius 2 is 1.74 bits per heavy atom. The summed E-state index contributed by atoms with van der Waals surface area (Å²) in [6.07, 6.45) is 1.90. The van der Waals surface area contributed by atoms with Crippen molar-refractivity contribution in [3.63, 3.8) is 0 Å². The lowest BCUT2D eigenvalue weighted by Crippen LogP contribution is -2.42. The summed E-state index contributed by atoms with van der Waals surface area (Å²) in [4.78, 5) is 19.3. The molecule has 5 aromatic rings. The quantitative estimate of drug-likeness (QED) is 0.269. The average molecular weight is 524 g/mol. The van der Waals surface area contributed by atoms with Gasteiger partial charge in [-0.25, -0.2) is 4.98 Å². The molecular formula is C30H33N7O2. The van der Waals surface area contributed by atoms with E-state index in [0.717, 1.165) is 44.5 Å². The molecule has 0 spiro atoms. The van der Waals surface area contributed by atoms with Gasteiger partial charge in [0.2, 0.25) is 5.91 Å². The number of aromatic nitrogens is 4. The fourth-order valence-electron chi connectivity index (χ4n) is 4.76. The molecule has 0 bridgehead atoms. The number of nitrogens with two attached hydrogens (primary N) is 2. The molecule has 0 radical (unpaired) electrons. The van der Waals surface area contributed by atoms with Crippen molar-refractivity contribution in [3.8, 4) is 22.4 Å². The van der Waals surface area contributed by atoms with E-state index in [2.05, 4.69) is 28.4 Å². The van der Waals surface area contributed by atoms with Crippen molar-refractivity contribution in [2.45, 2.75) is 26.9 Å². The first-order valence-electron chi connectivity index (χ1n) is 12.9. The Hall–Kier alpha value is -4.18. The highest BCUT2D eigenvalue weighted by Crippen LogP contribution is 2.34. The Balaban J connectivity index is 1.56. The normalized spacial score (nSPS) is 11.8. The van der Waals surface area contributed by atoms with Crippen LogP contribution in [0, 0.1) is 5.41 Å². The number of carbonyl (C=O) groups excluding carboxylic acids is 1. The average Bonchev–Trinajstić information content (AvgIpc) is 3.40. The third-order valence-corrected chi connectivity index (χ3v) is 6.88. The first kappa shape index (κ1) is 26.4. The second-order valence-electron chi connectivity index (χ2n) is 10.5. The summed E-state index contributed by atoms with van der Waals surface area (Å²) in [5.41, 5.74) is 17.4. The van der Waals surface area contributed by atoms with Crippen LogP contribution in [0.1, 0.15) is 25.2 Å². The zero-order chi connectivity index (χ0) is 27.6. The van der Waals surface area contributed by atoms with Crippen LogP contribution in [0.2, 0.25) is 0 Å². The maximum atomic E-state index is 12.5. The van der Waals surface area contributed by atoms with Crippen molar-refractivity contribution in [3.05, 3.63) is 84.3 Å². The molecular weight excluding hydrogens is 490 g/mol. The first-order chi connectivity index (χ1) is 18.8. The zero-order valence-electron chi connectivity index (χ0n) is 22.2. The van der Waals surface area contributed by atoms with E-state index in [1.54, 1.807) is 4.90 Å². The molecule has 0 fully saturated rings. The van der Waals surface area contributed by atoms with Crippen LogP contribution in [0.5, 0.6) is 0 Å². The zero-order valence-corrected chi connectivity index (χ0v) is 22.2. The minimum atomic E-state index is -0.426. The molecule has 2 aromatic carbocycles. The number of hydrogen-bond acceptors (Lipinski definition) is 7.